The number of phenols is 1. The van der Waals surface area contributed by atoms with Crippen LogP contribution in [0.2, 0.25) is 5.02 Å². The molecule has 0 aliphatic carbocycles. The van der Waals surface area contributed by atoms with Crippen molar-refractivity contribution >= 4 is 23.3 Å². The fourth-order valence-corrected chi connectivity index (χ4v) is 3.71. The average Bonchev–Trinajstić information content (AvgIpc) is 3.09. The number of amides is 1. The minimum atomic E-state index is -0.184. The molecule has 1 aromatic heterocycles. The Kier molecular flexibility index (Phi) is 4.73. The van der Waals surface area contributed by atoms with Gasteiger partial charge < -0.3 is 15.2 Å². The van der Waals surface area contributed by atoms with E-state index in [1.165, 1.54) is 0 Å². The Hall–Kier alpha value is -2.99. The fourth-order valence-electron chi connectivity index (χ4n) is 3.54. The highest BCUT2D eigenvalue weighted by Gasteiger charge is 2.31. The van der Waals surface area contributed by atoms with Crippen LogP contribution in [0.25, 0.3) is 5.69 Å². The molecule has 3 aromatic rings. The van der Waals surface area contributed by atoms with Crippen LogP contribution in [0.4, 0.5) is 5.82 Å². The van der Waals surface area contributed by atoms with E-state index in [0.717, 1.165) is 22.4 Å². The number of aromatic nitrogens is 2. The van der Waals surface area contributed by atoms with Crippen molar-refractivity contribution in [3.8, 4) is 17.2 Å². The molecule has 0 fully saturated rings. The minimum Gasteiger partial charge on any atom is -0.504 e. The lowest BCUT2D eigenvalue weighted by Crippen LogP contribution is -2.24. The summed E-state index contributed by atoms with van der Waals surface area (Å²) in [5.74, 6) is 0.848. The zero-order chi connectivity index (χ0) is 19.8. The third kappa shape index (κ3) is 3.10. The number of benzene rings is 2. The number of hydrogen-bond donors (Lipinski definition) is 2. The summed E-state index contributed by atoms with van der Waals surface area (Å²) in [6.07, 6.45) is 2.07. The average molecular weight is 398 g/mol. The van der Waals surface area contributed by atoms with Crippen molar-refractivity contribution in [2.24, 2.45) is 0 Å². The molecule has 6 nitrogen and oxygen atoms in total. The topological polar surface area (TPSA) is 76.4 Å². The molecule has 0 saturated carbocycles. The molecule has 7 heteroatoms. The number of rotatable bonds is 4. The van der Waals surface area contributed by atoms with Gasteiger partial charge in [-0.2, -0.15) is 5.10 Å². The Balaban J connectivity index is 1.81. The van der Waals surface area contributed by atoms with E-state index in [-0.39, 0.29) is 17.6 Å². The molecule has 28 heavy (non-hydrogen) atoms. The highest BCUT2D eigenvalue weighted by atomic mass is 35.5. The molecule has 1 amide bonds. The molecule has 4 rings (SSSR count). The third-order valence-corrected chi connectivity index (χ3v) is 5.38. The number of fused-ring (bicyclic) bond motifs is 1. The predicted octanol–water partition coefficient (Wildman–Crippen LogP) is 4.41. The van der Waals surface area contributed by atoms with E-state index in [0.29, 0.717) is 29.6 Å². The fraction of sp³-hybridized carbons (Fsp3) is 0.238. The zero-order valence-corrected chi connectivity index (χ0v) is 16.3. The van der Waals surface area contributed by atoms with Gasteiger partial charge in [-0.3, -0.25) is 4.79 Å². The molecular weight excluding hydrogens is 378 g/mol. The van der Waals surface area contributed by atoms with Crippen molar-refractivity contribution in [3.63, 3.8) is 0 Å². The first-order chi connectivity index (χ1) is 13.5. The van der Waals surface area contributed by atoms with Crippen LogP contribution >= 0.6 is 11.6 Å². The van der Waals surface area contributed by atoms with Crippen LogP contribution in [0.1, 0.15) is 36.0 Å². The van der Waals surface area contributed by atoms with Crippen LogP contribution in [-0.4, -0.2) is 27.4 Å². The largest absolute Gasteiger partial charge is 0.504 e. The molecule has 0 radical (unpaired) electrons. The Bertz CT molecular complexity index is 1060. The van der Waals surface area contributed by atoms with Gasteiger partial charge in [0.05, 0.1) is 18.5 Å². The first-order valence-electron chi connectivity index (χ1n) is 9.08. The number of aromatic hydroxyl groups is 1. The number of nitrogens with zero attached hydrogens (tertiary/aromatic N) is 2. The molecule has 1 atom stereocenters. The smallest absolute Gasteiger partial charge is 0.226 e. The molecule has 2 heterocycles. The maximum atomic E-state index is 12.5. The van der Waals surface area contributed by atoms with Crippen LogP contribution in [0.3, 0.4) is 0 Å². The Morgan fingerprint density at radius 2 is 2.18 bits per heavy atom. The lowest BCUT2D eigenvalue weighted by atomic mass is 9.87. The van der Waals surface area contributed by atoms with Crippen molar-refractivity contribution in [2.75, 3.05) is 11.9 Å². The second-order valence-electron chi connectivity index (χ2n) is 6.71. The van der Waals surface area contributed by atoms with Gasteiger partial charge in [0.1, 0.15) is 5.82 Å². The van der Waals surface area contributed by atoms with Gasteiger partial charge in [0, 0.05) is 22.9 Å². The maximum Gasteiger partial charge on any atom is 0.226 e. The summed E-state index contributed by atoms with van der Waals surface area (Å²) in [6, 6.07) is 10.8. The Labute approximate surface area is 167 Å². The number of phenolic OH excluding ortho intramolecular Hbond substituents is 1. The lowest BCUT2D eigenvalue weighted by molar-refractivity contribution is -0.116. The predicted molar refractivity (Wildman–Crippen MR) is 108 cm³/mol. The van der Waals surface area contributed by atoms with Gasteiger partial charge in [0.2, 0.25) is 5.91 Å². The molecule has 144 valence electrons. The second-order valence-corrected chi connectivity index (χ2v) is 7.12. The SMILES string of the molecule is CCOc1cc(C2CC(=O)Nc3c2cnn3-c2cccc(Cl)c2C)ccc1O. The summed E-state index contributed by atoms with van der Waals surface area (Å²) in [5.41, 5.74) is 3.50. The van der Waals surface area contributed by atoms with E-state index in [1.54, 1.807) is 23.0 Å². The van der Waals surface area contributed by atoms with Crippen LogP contribution in [0.15, 0.2) is 42.6 Å². The summed E-state index contributed by atoms with van der Waals surface area (Å²) in [5, 5.41) is 18.1. The summed E-state index contributed by atoms with van der Waals surface area (Å²) < 4.78 is 7.21. The zero-order valence-electron chi connectivity index (χ0n) is 15.6. The van der Waals surface area contributed by atoms with Crippen LogP contribution in [0.5, 0.6) is 11.5 Å². The Morgan fingerprint density at radius 1 is 1.36 bits per heavy atom. The lowest BCUT2D eigenvalue weighted by Gasteiger charge is -2.24. The molecule has 1 aliphatic rings. The standard InChI is InChI=1S/C21H20ClN3O3/c1-3-28-19-9-13(7-8-18(19)26)14-10-20(27)24-21-15(14)11-23-25(21)17-6-4-5-16(22)12(17)2/h4-9,11,14,26H,3,10H2,1-2H3,(H,24,27). The number of anilines is 1. The van der Waals surface area contributed by atoms with Crippen molar-refractivity contribution in [1.29, 1.82) is 0 Å². The number of nitrogens with one attached hydrogen (secondary N) is 1. The van der Waals surface area contributed by atoms with Gasteiger partial charge in [0.25, 0.3) is 0 Å². The molecule has 2 aromatic carbocycles. The van der Waals surface area contributed by atoms with E-state index < -0.39 is 0 Å². The summed E-state index contributed by atoms with van der Waals surface area (Å²) in [4.78, 5) is 12.5. The molecule has 1 aliphatic heterocycles. The molecule has 1 unspecified atom stereocenters. The first-order valence-corrected chi connectivity index (χ1v) is 9.46. The summed E-state index contributed by atoms with van der Waals surface area (Å²) >= 11 is 6.26. The first kappa shape index (κ1) is 18.4. The van der Waals surface area contributed by atoms with E-state index in [9.17, 15) is 9.90 Å². The van der Waals surface area contributed by atoms with Crippen LogP contribution < -0.4 is 10.1 Å². The van der Waals surface area contributed by atoms with Crippen molar-refractivity contribution < 1.29 is 14.6 Å². The molecule has 0 saturated heterocycles. The van der Waals surface area contributed by atoms with Crippen molar-refractivity contribution in [1.82, 2.24) is 9.78 Å². The van der Waals surface area contributed by atoms with Crippen molar-refractivity contribution in [3.05, 3.63) is 64.3 Å². The normalized spacial score (nSPS) is 15.8. The molecule has 0 spiro atoms. The van der Waals surface area contributed by atoms with Gasteiger partial charge in [-0.1, -0.05) is 23.7 Å². The number of carbonyl (C=O) groups is 1. The van der Waals surface area contributed by atoms with Gasteiger partial charge >= 0.3 is 0 Å². The van der Waals surface area contributed by atoms with E-state index in [1.807, 2.05) is 38.1 Å². The third-order valence-electron chi connectivity index (χ3n) is 4.97. The Morgan fingerprint density at radius 3 is 2.96 bits per heavy atom. The monoisotopic (exact) mass is 397 g/mol. The number of halogens is 1. The number of hydrogen-bond acceptors (Lipinski definition) is 4. The molecule has 0 bridgehead atoms. The van der Waals surface area contributed by atoms with Gasteiger partial charge in [-0.25, -0.2) is 4.68 Å². The second kappa shape index (κ2) is 7.20. The minimum absolute atomic E-state index is 0.0799. The van der Waals surface area contributed by atoms with E-state index in [2.05, 4.69) is 10.4 Å². The number of carbonyl (C=O) groups excluding carboxylic acids is 1. The quantitative estimate of drug-likeness (QED) is 0.683. The number of ether oxygens (including phenoxy) is 1. The van der Waals surface area contributed by atoms with Gasteiger partial charge in [-0.05, 0) is 49.2 Å². The van der Waals surface area contributed by atoms with E-state index in [4.69, 9.17) is 16.3 Å². The highest BCUT2D eigenvalue weighted by molar-refractivity contribution is 6.31. The van der Waals surface area contributed by atoms with Crippen molar-refractivity contribution in [2.45, 2.75) is 26.2 Å². The maximum absolute atomic E-state index is 12.5. The van der Waals surface area contributed by atoms with Gasteiger partial charge in [-0.15, -0.1) is 0 Å². The summed E-state index contributed by atoms with van der Waals surface area (Å²) in [6.45, 7) is 4.22. The van der Waals surface area contributed by atoms with Crippen LogP contribution in [0, 0.1) is 6.92 Å². The molecule has 2 N–H and O–H groups in total. The van der Waals surface area contributed by atoms with Crippen LogP contribution in [-0.2, 0) is 4.79 Å². The summed E-state index contributed by atoms with van der Waals surface area (Å²) in [7, 11) is 0. The van der Waals surface area contributed by atoms with E-state index >= 15 is 0 Å². The highest BCUT2D eigenvalue weighted by Crippen LogP contribution is 2.41. The molecular formula is C21H20ClN3O3. The van der Waals surface area contributed by atoms with Gasteiger partial charge in [0.15, 0.2) is 11.5 Å².